The van der Waals surface area contributed by atoms with Gasteiger partial charge in [-0.2, -0.15) is 0 Å². The number of likely N-dealkylation sites (tertiary alicyclic amines) is 1. The van der Waals surface area contributed by atoms with Crippen LogP contribution in [0, 0.1) is 5.92 Å². The van der Waals surface area contributed by atoms with E-state index in [1.807, 2.05) is 20.8 Å². The monoisotopic (exact) mass is 312 g/mol. The normalized spacial score (nSPS) is 26.9. The maximum atomic E-state index is 12.0. The number of alkyl carbamates (subject to hydrolysis) is 1. The van der Waals surface area contributed by atoms with Gasteiger partial charge in [0.05, 0.1) is 13.0 Å². The van der Waals surface area contributed by atoms with Gasteiger partial charge < -0.3 is 14.8 Å². The molecule has 22 heavy (non-hydrogen) atoms. The van der Waals surface area contributed by atoms with Crippen molar-refractivity contribution in [2.75, 3.05) is 20.2 Å². The first-order valence-corrected chi connectivity index (χ1v) is 8.10. The number of amides is 1. The number of carbonyl (C=O) groups is 2. The number of nitrogens with one attached hydrogen (secondary N) is 1. The number of hydrogen-bond acceptors (Lipinski definition) is 5. The third-order valence-electron chi connectivity index (χ3n) is 4.33. The summed E-state index contributed by atoms with van der Waals surface area (Å²) in [6.07, 6.45) is 3.78. The van der Waals surface area contributed by atoms with E-state index in [2.05, 4.69) is 10.2 Å². The molecule has 6 heteroatoms. The molecule has 2 fully saturated rings. The first kappa shape index (κ1) is 17.1. The highest BCUT2D eigenvalue weighted by Crippen LogP contribution is 2.29. The van der Waals surface area contributed by atoms with Crippen LogP contribution in [0.1, 0.15) is 46.5 Å². The Bertz CT molecular complexity index is 415. The van der Waals surface area contributed by atoms with E-state index < -0.39 is 11.7 Å². The zero-order valence-corrected chi connectivity index (χ0v) is 14.1. The Hall–Kier alpha value is -1.30. The van der Waals surface area contributed by atoms with E-state index in [4.69, 9.17) is 9.47 Å². The predicted molar refractivity (Wildman–Crippen MR) is 82.5 cm³/mol. The van der Waals surface area contributed by atoms with Gasteiger partial charge in [0, 0.05) is 25.2 Å². The minimum Gasteiger partial charge on any atom is -0.469 e. The van der Waals surface area contributed by atoms with Gasteiger partial charge in [-0.25, -0.2) is 4.79 Å². The molecule has 2 rings (SSSR count). The molecule has 1 aliphatic heterocycles. The molecule has 6 nitrogen and oxygen atoms in total. The fourth-order valence-electron chi connectivity index (χ4n) is 3.10. The largest absolute Gasteiger partial charge is 0.469 e. The number of rotatable bonds is 3. The second-order valence-corrected chi connectivity index (χ2v) is 7.34. The molecule has 1 heterocycles. The minimum absolute atomic E-state index is 0.0756. The van der Waals surface area contributed by atoms with Crippen molar-refractivity contribution in [2.45, 2.75) is 64.1 Å². The summed E-state index contributed by atoms with van der Waals surface area (Å²) in [5.74, 6) is -0.376. The minimum atomic E-state index is -0.520. The molecule has 1 N–H and O–H groups in total. The number of hydrogen-bond donors (Lipinski definition) is 1. The average Bonchev–Trinajstić information content (AvgIpc) is 2.32. The van der Waals surface area contributed by atoms with E-state index >= 15 is 0 Å². The van der Waals surface area contributed by atoms with Gasteiger partial charge in [-0.3, -0.25) is 9.69 Å². The highest BCUT2D eigenvalue weighted by molar-refractivity contribution is 5.73. The van der Waals surface area contributed by atoms with E-state index in [1.165, 1.54) is 26.4 Å². The van der Waals surface area contributed by atoms with Crippen LogP contribution in [-0.2, 0) is 14.3 Å². The van der Waals surface area contributed by atoms with E-state index in [-0.39, 0.29) is 17.9 Å². The van der Waals surface area contributed by atoms with E-state index in [0.29, 0.717) is 12.5 Å². The second kappa shape index (κ2) is 6.86. The lowest BCUT2D eigenvalue weighted by molar-refractivity contribution is -0.148. The van der Waals surface area contributed by atoms with Crippen molar-refractivity contribution in [3.05, 3.63) is 0 Å². The highest BCUT2D eigenvalue weighted by Gasteiger charge is 2.37. The van der Waals surface area contributed by atoms with Crippen LogP contribution in [0.5, 0.6) is 0 Å². The summed E-state index contributed by atoms with van der Waals surface area (Å²) >= 11 is 0. The van der Waals surface area contributed by atoms with Crippen molar-refractivity contribution in [3.63, 3.8) is 0 Å². The van der Waals surface area contributed by atoms with E-state index in [9.17, 15) is 9.59 Å². The summed E-state index contributed by atoms with van der Waals surface area (Å²) in [4.78, 5) is 26.2. The third-order valence-corrected chi connectivity index (χ3v) is 4.33. The second-order valence-electron chi connectivity index (χ2n) is 7.34. The van der Waals surface area contributed by atoms with Crippen molar-refractivity contribution in [1.29, 1.82) is 0 Å². The average molecular weight is 312 g/mol. The molecule has 0 bridgehead atoms. The Morgan fingerprint density at radius 2 is 1.86 bits per heavy atom. The van der Waals surface area contributed by atoms with Gasteiger partial charge in [0.2, 0.25) is 0 Å². The lowest BCUT2D eigenvalue weighted by Crippen LogP contribution is -2.56. The summed E-state index contributed by atoms with van der Waals surface area (Å²) in [7, 11) is 1.42. The Morgan fingerprint density at radius 3 is 2.36 bits per heavy atom. The van der Waals surface area contributed by atoms with Crippen molar-refractivity contribution in [1.82, 2.24) is 10.2 Å². The van der Waals surface area contributed by atoms with Crippen LogP contribution in [0.2, 0.25) is 0 Å². The summed E-state index contributed by atoms with van der Waals surface area (Å²) in [6.45, 7) is 7.02. The standard InChI is InChI=1S/C16H28N2O4/c1-16(2,3)22-15(20)17-12-8-11(14(19)21-4)9-18(10-12)13-6-5-7-13/h11-13H,5-10H2,1-4H3,(H,17,20). The van der Waals surface area contributed by atoms with Gasteiger partial charge in [-0.15, -0.1) is 0 Å². The molecule has 0 aromatic rings. The molecule has 1 aliphatic carbocycles. The fourth-order valence-corrected chi connectivity index (χ4v) is 3.10. The number of ether oxygens (including phenoxy) is 2. The molecule has 2 aliphatic rings. The van der Waals surface area contributed by atoms with E-state index in [0.717, 1.165) is 13.1 Å². The molecule has 2 atom stereocenters. The Kier molecular flexibility index (Phi) is 5.32. The molecular weight excluding hydrogens is 284 g/mol. The maximum absolute atomic E-state index is 12.0. The number of nitrogens with zero attached hydrogens (tertiary/aromatic N) is 1. The van der Waals surface area contributed by atoms with Crippen molar-refractivity contribution < 1.29 is 19.1 Å². The first-order valence-electron chi connectivity index (χ1n) is 8.10. The molecule has 0 radical (unpaired) electrons. The van der Waals surface area contributed by atoms with Gasteiger partial charge in [0.25, 0.3) is 0 Å². The Labute approximate surface area is 132 Å². The van der Waals surface area contributed by atoms with Crippen LogP contribution in [0.4, 0.5) is 4.79 Å². The lowest BCUT2D eigenvalue weighted by Gasteiger charge is -2.44. The van der Waals surface area contributed by atoms with E-state index in [1.54, 1.807) is 0 Å². The number of methoxy groups -OCH3 is 1. The van der Waals surface area contributed by atoms with Gasteiger partial charge >= 0.3 is 12.1 Å². The molecule has 1 amide bonds. The van der Waals surface area contributed by atoms with Crippen LogP contribution in [0.15, 0.2) is 0 Å². The van der Waals surface area contributed by atoms with Gasteiger partial charge in [0.1, 0.15) is 5.60 Å². The molecule has 0 aromatic heterocycles. The van der Waals surface area contributed by atoms with Gasteiger partial charge in [-0.05, 0) is 40.0 Å². The zero-order valence-electron chi connectivity index (χ0n) is 14.1. The molecule has 1 saturated carbocycles. The Balaban J connectivity index is 1.96. The van der Waals surface area contributed by atoms with Crippen LogP contribution in [-0.4, -0.2) is 54.8 Å². The van der Waals surface area contributed by atoms with Gasteiger partial charge in [-0.1, -0.05) is 6.42 Å². The summed E-state index contributed by atoms with van der Waals surface area (Å²) in [5.41, 5.74) is -0.520. The summed E-state index contributed by atoms with van der Waals surface area (Å²) in [5, 5.41) is 2.91. The molecular formula is C16H28N2O4. The smallest absolute Gasteiger partial charge is 0.407 e. The number of esters is 1. The SMILES string of the molecule is COC(=O)C1CC(NC(=O)OC(C)(C)C)CN(C2CCC2)C1. The molecule has 0 spiro atoms. The van der Waals surface area contributed by atoms with Crippen LogP contribution >= 0.6 is 0 Å². The predicted octanol–water partition coefficient (Wildman–Crippen LogP) is 1.93. The van der Waals surface area contributed by atoms with Crippen LogP contribution in [0.25, 0.3) is 0 Å². The highest BCUT2D eigenvalue weighted by atomic mass is 16.6. The van der Waals surface area contributed by atoms with Crippen molar-refractivity contribution >= 4 is 12.1 Å². The fraction of sp³-hybridized carbons (Fsp3) is 0.875. The van der Waals surface area contributed by atoms with Crippen molar-refractivity contribution in [3.8, 4) is 0 Å². The first-order chi connectivity index (χ1) is 10.3. The topological polar surface area (TPSA) is 67.9 Å². The summed E-state index contributed by atoms with van der Waals surface area (Å²) < 4.78 is 10.2. The quantitative estimate of drug-likeness (QED) is 0.807. The maximum Gasteiger partial charge on any atom is 0.407 e. The zero-order chi connectivity index (χ0) is 16.3. The molecule has 1 saturated heterocycles. The van der Waals surface area contributed by atoms with Crippen molar-refractivity contribution in [2.24, 2.45) is 5.92 Å². The Morgan fingerprint density at radius 1 is 1.18 bits per heavy atom. The van der Waals surface area contributed by atoms with Crippen LogP contribution < -0.4 is 5.32 Å². The molecule has 0 aromatic carbocycles. The van der Waals surface area contributed by atoms with Crippen LogP contribution in [0.3, 0.4) is 0 Å². The summed E-state index contributed by atoms with van der Waals surface area (Å²) in [6, 6.07) is 0.462. The lowest BCUT2D eigenvalue weighted by atomic mass is 9.86. The molecule has 126 valence electrons. The van der Waals surface area contributed by atoms with Gasteiger partial charge in [0.15, 0.2) is 0 Å². The molecule has 2 unspecified atom stereocenters. The number of carbonyl (C=O) groups excluding carboxylic acids is 2. The number of piperidine rings is 1. The third kappa shape index (κ3) is 4.60.